The summed E-state index contributed by atoms with van der Waals surface area (Å²) in [5, 5.41) is 11.8. The first-order chi connectivity index (χ1) is 7.90. The Morgan fingerprint density at radius 2 is 2.18 bits per heavy atom. The molecule has 17 heavy (non-hydrogen) atoms. The molecule has 1 amide bonds. The maximum Gasteiger partial charge on any atom is 0.254 e. The smallest absolute Gasteiger partial charge is 0.254 e. The van der Waals surface area contributed by atoms with Gasteiger partial charge in [-0.05, 0) is 38.5 Å². The molecule has 94 valence electrons. The number of carbonyl (C=O) groups is 1. The van der Waals surface area contributed by atoms with Crippen molar-refractivity contribution >= 4 is 18.5 Å². The van der Waals surface area contributed by atoms with Crippen LogP contribution >= 0.6 is 12.6 Å². The number of aliphatic hydroxyl groups excluding tert-OH is 1. The monoisotopic (exact) mass is 257 g/mol. The van der Waals surface area contributed by atoms with Gasteiger partial charge in [0.1, 0.15) is 5.82 Å². The lowest BCUT2D eigenvalue weighted by Gasteiger charge is -2.15. The van der Waals surface area contributed by atoms with Crippen LogP contribution in [0.1, 0.15) is 30.6 Å². The molecule has 1 aromatic rings. The maximum atomic E-state index is 13.4. The minimum atomic E-state index is -0.579. The van der Waals surface area contributed by atoms with Crippen molar-refractivity contribution < 1.29 is 14.3 Å². The van der Waals surface area contributed by atoms with Crippen LogP contribution in [0.4, 0.5) is 4.39 Å². The highest BCUT2D eigenvalue weighted by molar-refractivity contribution is 7.80. The molecule has 2 unspecified atom stereocenters. The molecule has 0 fully saturated rings. The third-order valence-electron chi connectivity index (χ3n) is 2.27. The Bertz CT molecular complexity index is 409. The Kier molecular flexibility index (Phi) is 4.96. The van der Waals surface area contributed by atoms with Gasteiger partial charge in [-0.15, -0.1) is 12.6 Å². The molecule has 2 atom stereocenters. The van der Waals surface area contributed by atoms with Crippen molar-refractivity contribution in [3.8, 4) is 0 Å². The minimum Gasteiger partial charge on any atom is -0.393 e. The Balaban J connectivity index is 2.73. The average molecular weight is 257 g/mol. The van der Waals surface area contributed by atoms with Gasteiger partial charge in [0.05, 0.1) is 11.7 Å². The van der Waals surface area contributed by atoms with Crippen molar-refractivity contribution in [3.63, 3.8) is 0 Å². The van der Waals surface area contributed by atoms with Gasteiger partial charge in [0.2, 0.25) is 0 Å². The van der Waals surface area contributed by atoms with Gasteiger partial charge >= 0.3 is 0 Å². The largest absolute Gasteiger partial charge is 0.393 e. The van der Waals surface area contributed by atoms with Crippen molar-refractivity contribution in [3.05, 3.63) is 29.6 Å². The second kappa shape index (κ2) is 6.02. The van der Waals surface area contributed by atoms with Crippen LogP contribution in [0.15, 0.2) is 23.1 Å². The van der Waals surface area contributed by atoms with E-state index in [-0.39, 0.29) is 11.6 Å². The summed E-state index contributed by atoms with van der Waals surface area (Å²) in [4.78, 5) is 12.3. The number of aliphatic hydroxyl groups is 1. The molecule has 0 saturated heterocycles. The summed E-state index contributed by atoms with van der Waals surface area (Å²) < 4.78 is 13.4. The van der Waals surface area contributed by atoms with E-state index in [0.29, 0.717) is 11.3 Å². The number of rotatable bonds is 4. The molecule has 0 bridgehead atoms. The van der Waals surface area contributed by atoms with Crippen LogP contribution in [-0.2, 0) is 0 Å². The van der Waals surface area contributed by atoms with Crippen molar-refractivity contribution in [2.24, 2.45) is 0 Å². The molecule has 0 saturated carbocycles. The van der Waals surface area contributed by atoms with E-state index in [0.717, 1.165) is 0 Å². The van der Waals surface area contributed by atoms with E-state index in [4.69, 9.17) is 5.11 Å². The Morgan fingerprint density at radius 3 is 2.76 bits per heavy atom. The molecule has 3 nitrogen and oxygen atoms in total. The fourth-order valence-electron chi connectivity index (χ4n) is 1.56. The van der Waals surface area contributed by atoms with Crippen LogP contribution in [0.2, 0.25) is 0 Å². The lowest BCUT2D eigenvalue weighted by molar-refractivity contribution is 0.0919. The van der Waals surface area contributed by atoms with Crippen LogP contribution in [0.25, 0.3) is 0 Å². The Labute approximate surface area is 105 Å². The normalized spacial score (nSPS) is 14.2. The second-order valence-corrected chi connectivity index (χ2v) is 4.64. The van der Waals surface area contributed by atoms with Gasteiger partial charge in [0, 0.05) is 10.9 Å². The summed E-state index contributed by atoms with van der Waals surface area (Å²) in [6, 6.07) is 3.85. The quantitative estimate of drug-likeness (QED) is 0.723. The van der Waals surface area contributed by atoms with Crippen molar-refractivity contribution in [1.29, 1.82) is 0 Å². The van der Waals surface area contributed by atoms with E-state index < -0.39 is 17.8 Å². The lowest BCUT2D eigenvalue weighted by Crippen LogP contribution is -2.35. The van der Waals surface area contributed by atoms with Gasteiger partial charge in [-0.25, -0.2) is 4.39 Å². The van der Waals surface area contributed by atoms with E-state index >= 15 is 0 Å². The lowest BCUT2D eigenvalue weighted by atomic mass is 10.1. The molecule has 0 heterocycles. The van der Waals surface area contributed by atoms with E-state index in [9.17, 15) is 9.18 Å². The standard InChI is InChI=1S/C12H16FNO2S/c1-7(5-8(2)15)14-12(16)10-6-9(17)3-4-11(10)13/h3-4,6-8,15,17H,5H2,1-2H3,(H,14,16). The molecule has 0 aromatic heterocycles. The number of thiol groups is 1. The molecule has 2 N–H and O–H groups in total. The van der Waals surface area contributed by atoms with Crippen LogP contribution in [0, 0.1) is 5.82 Å². The van der Waals surface area contributed by atoms with Gasteiger partial charge < -0.3 is 10.4 Å². The minimum absolute atomic E-state index is 0.0325. The third kappa shape index (κ3) is 4.36. The fourth-order valence-corrected chi connectivity index (χ4v) is 1.76. The Morgan fingerprint density at radius 1 is 1.53 bits per heavy atom. The summed E-state index contributed by atoms with van der Waals surface area (Å²) in [7, 11) is 0. The van der Waals surface area contributed by atoms with Crippen molar-refractivity contribution in [2.75, 3.05) is 0 Å². The second-order valence-electron chi connectivity index (χ2n) is 4.12. The maximum absolute atomic E-state index is 13.4. The third-order valence-corrected chi connectivity index (χ3v) is 2.54. The molecule has 0 aliphatic carbocycles. The number of amides is 1. The van der Waals surface area contributed by atoms with Crippen molar-refractivity contribution in [1.82, 2.24) is 5.32 Å². The topological polar surface area (TPSA) is 49.3 Å². The molecule has 0 spiro atoms. The summed E-state index contributed by atoms with van der Waals surface area (Å²) in [5.74, 6) is -1.07. The van der Waals surface area contributed by atoms with Crippen LogP contribution in [0.5, 0.6) is 0 Å². The van der Waals surface area contributed by atoms with Gasteiger partial charge in [-0.3, -0.25) is 4.79 Å². The molecular weight excluding hydrogens is 241 g/mol. The zero-order valence-electron chi connectivity index (χ0n) is 9.77. The average Bonchev–Trinajstić information content (AvgIpc) is 2.20. The Hall–Kier alpha value is -1.07. The number of benzene rings is 1. The summed E-state index contributed by atoms with van der Waals surface area (Å²) in [6.07, 6.45) is -0.0835. The highest BCUT2D eigenvalue weighted by Gasteiger charge is 2.15. The molecule has 1 rings (SSSR count). The van der Waals surface area contributed by atoms with E-state index in [1.165, 1.54) is 18.2 Å². The molecule has 0 aliphatic heterocycles. The zero-order valence-corrected chi connectivity index (χ0v) is 10.7. The van der Waals surface area contributed by atoms with E-state index in [2.05, 4.69) is 17.9 Å². The molecule has 1 aromatic carbocycles. The van der Waals surface area contributed by atoms with Crippen LogP contribution in [0.3, 0.4) is 0 Å². The number of hydrogen-bond acceptors (Lipinski definition) is 3. The molecule has 0 aliphatic rings. The van der Waals surface area contributed by atoms with Crippen molar-refractivity contribution in [2.45, 2.75) is 37.3 Å². The fraction of sp³-hybridized carbons (Fsp3) is 0.417. The number of hydrogen-bond donors (Lipinski definition) is 3. The first kappa shape index (κ1) is 14.0. The van der Waals surface area contributed by atoms with Crippen LogP contribution in [-0.4, -0.2) is 23.2 Å². The predicted octanol–water partition coefficient (Wildman–Crippen LogP) is 2.00. The molecule has 5 heteroatoms. The van der Waals surface area contributed by atoms with Crippen LogP contribution < -0.4 is 5.32 Å². The summed E-state index contributed by atoms with van der Waals surface area (Å²) in [6.45, 7) is 3.39. The predicted molar refractivity (Wildman–Crippen MR) is 66.9 cm³/mol. The van der Waals surface area contributed by atoms with E-state index in [1.807, 2.05) is 0 Å². The van der Waals surface area contributed by atoms with Gasteiger partial charge in [-0.2, -0.15) is 0 Å². The summed E-state index contributed by atoms with van der Waals surface area (Å²) >= 11 is 4.06. The SMILES string of the molecule is CC(O)CC(C)NC(=O)c1cc(S)ccc1F. The van der Waals surface area contributed by atoms with E-state index in [1.54, 1.807) is 13.8 Å². The highest BCUT2D eigenvalue weighted by atomic mass is 32.1. The zero-order chi connectivity index (χ0) is 13.0. The molecule has 0 radical (unpaired) electrons. The van der Waals surface area contributed by atoms with Gasteiger partial charge in [-0.1, -0.05) is 0 Å². The first-order valence-electron chi connectivity index (χ1n) is 5.37. The highest BCUT2D eigenvalue weighted by Crippen LogP contribution is 2.13. The number of halogens is 1. The van der Waals surface area contributed by atoms with Gasteiger partial charge in [0.25, 0.3) is 5.91 Å². The van der Waals surface area contributed by atoms with Gasteiger partial charge in [0.15, 0.2) is 0 Å². The number of carbonyl (C=O) groups excluding carboxylic acids is 1. The summed E-state index contributed by atoms with van der Waals surface area (Å²) in [5.41, 5.74) is -0.0325. The first-order valence-corrected chi connectivity index (χ1v) is 5.82. The molecular formula is C12H16FNO2S. The number of nitrogens with one attached hydrogen (secondary N) is 1.